The van der Waals surface area contributed by atoms with Crippen molar-refractivity contribution in [3.8, 4) is 5.75 Å². The summed E-state index contributed by atoms with van der Waals surface area (Å²) < 4.78 is 15.7. The average molecular weight is 345 g/mol. The number of methoxy groups -OCH3 is 1. The van der Waals surface area contributed by atoms with Crippen molar-refractivity contribution in [1.82, 2.24) is 0 Å². The normalized spacial score (nSPS) is 31.6. The molecular weight excluding hydrogens is 326 g/mol. The van der Waals surface area contributed by atoms with Crippen molar-refractivity contribution in [2.24, 2.45) is 23.7 Å². The number of hydrogen-bond donors (Lipinski definition) is 1. The van der Waals surface area contributed by atoms with E-state index < -0.39 is 30.3 Å². The third-order valence-corrected chi connectivity index (χ3v) is 5.48. The number of ether oxygens (including phenoxy) is 3. The highest BCUT2D eigenvalue weighted by atomic mass is 16.6. The minimum Gasteiger partial charge on any atom is -0.495 e. The fraction of sp³-hybridized carbons (Fsp3) is 0.500. The first-order valence-corrected chi connectivity index (χ1v) is 8.38. The monoisotopic (exact) mass is 345 g/mol. The smallest absolute Gasteiger partial charge is 0.310 e. The van der Waals surface area contributed by atoms with Gasteiger partial charge in [-0.2, -0.15) is 0 Å². The summed E-state index contributed by atoms with van der Waals surface area (Å²) >= 11 is 0. The number of carbonyl (C=O) groups is 3. The molecule has 1 aliphatic heterocycles. The number of rotatable bonds is 5. The molecule has 1 saturated heterocycles. The summed E-state index contributed by atoms with van der Waals surface area (Å²) in [4.78, 5) is 36.4. The van der Waals surface area contributed by atoms with Gasteiger partial charge >= 0.3 is 11.9 Å². The molecule has 1 aromatic carbocycles. The zero-order chi connectivity index (χ0) is 17.6. The summed E-state index contributed by atoms with van der Waals surface area (Å²) in [5.41, 5.74) is 0.508. The Labute approximate surface area is 144 Å². The van der Waals surface area contributed by atoms with Crippen LogP contribution in [0.4, 0.5) is 5.69 Å². The van der Waals surface area contributed by atoms with E-state index in [2.05, 4.69) is 5.32 Å². The minimum atomic E-state index is -0.482. The summed E-state index contributed by atoms with van der Waals surface area (Å²) in [6.45, 7) is -0.393. The maximum atomic E-state index is 12.4. The van der Waals surface area contributed by atoms with Crippen molar-refractivity contribution in [3.05, 3.63) is 24.3 Å². The van der Waals surface area contributed by atoms with Crippen LogP contribution >= 0.6 is 0 Å². The lowest BCUT2D eigenvalue weighted by atomic mass is 9.80. The molecule has 0 spiro atoms. The van der Waals surface area contributed by atoms with Crippen molar-refractivity contribution in [3.63, 3.8) is 0 Å². The van der Waals surface area contributed by atoms with Crippen LogP contribution in [0, 0.1) is 23.7 Å². The maximum absolute atomic E-state index is 12.4. The Hall–Kier alpha value is -2.57. The summed E-state index contributed by atoms with van der Waals surface area (Å²) in [6, 6.07) is 6.97. The second-order valence-corrected chi connectivity index (χ2v) is 6.78. The van der Waals surface area contributed by atoms with Crippen molar-refractivity contribution in [1.29, 1.82) is 0 Å². The van der Waals surface area contributed by atoms with E-state index in [0.29, 0.717) is 11.4 Å². The second-order valence-electron chi connectivity index (χ2n) is 6.78. The predicted octanol–water partition coefficient (Wildman–Crippen LogP) is 1.37. The number of amides is 1. The fourth-order valence-corrected chi connectivity index (χ4v) is 4.49. The Morgan fingerprint density at radius 3 is 2.88 bits per heavy atom. The fourth-order valence-electron chi connectivity index (χ4n) is 4.49. The predicted molar refractivity (Wildman–Crippen MR) is 85.7 cm³/mol. The summed E-state index contributed by atoms with van der Waals surface area (Å²) in [6.07, 6.45) is 1.52. The molecule has 1 N–H and O–H groups in total. The molecule has 1 aromatic rings. The third kappa shape index (κ3) is 2.63. The number of nitrogens with one attached hydrogen (secondary N) is 1. The van der Waals surface area contributed by atoms with E-state index in [4.69, 9.17) is 14.2 Å². The van der Waals surface area contributed by atoms with Crippen LogP contribution in [0.5, 0.6) is 5.75 Å². The molecule has 0 unspecified atom stereocenters. The van der Waals surface area contributed by atoms with Crippen molar-refractivity contribution < 1.29 is 28.6 Å². The van der Waals surface area contributed by atoms with Crippen LogP contribution in [0.15, 0.2) is 24.3 Å². The van der Waals surface area contributed by atoms with Gasteiger partial charge in [0.15, 0.2) is 6.61 Å². The number of benzene rings is 1. The molecule has 2 aliphatic carbocycles. The lowest BCUT2D eigenvalue weighted by molar-refractivity contribution is -0.157. The molecule has 4 rings (SSSR count). The van der Waals surface area contributed by atoms with Crippen molar-refractivity contribution >= 4 is 23.5 Å². The number of carbonyl (C=O) groups excluding carboxylic acids is 3. The molecule has 7 nitrogen and oxygen atoms in total. The summed E-state index contributed by atoms with van der Waals surface area (Å²) in [5.74, 6) is -1.32. The topological polar surface area (TPSA) is 90.9 Å². The molecule has 1 heterocycles. The largest absolute Gasteiger partial charge is 0.495 e. The van der Waals surface area contributed by atoms with Crippen molar-refractivity contribution in [2.75, 3.05) is 19.0 Å². The zero-order valence-electron chi connectivity index (χ0n) is 13.8. The van der Waals surface area contributed by atoms with Crippen LogP contribution in [0.25, 0.3) is 0 Å². The highest BCUT2D eigenvalue weighted by Gasteiger charge is 2.64. The van der Waals surface area contributed by atoms with E-state index in [1.54, 1.807) is 24.3 Å². The molecule has 7 heteroatoms. The van der Waals surface area contributed by atoms with E-state index in [0.717, 1.165) is 12.8 Å². The standard InChI is InChI=1S/C18H19NO6/c1-23-12-5-3-2-4-11(12)19-14(20)8-24-17(21)15-9-6-10-13(7-9)25-18(22)16(10)15/h2-5,9-10,13,15-16H,6-8H2,1H3,(H,19,20)/t9-,10+,13-,15-,16-/m1/s1. The highest BCUT2D eigenvalue weighted by Crippen LogP contribution is 2.57. The molecule has 3 fully saturated rings. The summed E-state index contributed by atoms with van der Waals surface area (Å²) in [5, 5.41) is 2.65. The van der Waals surface area contributed by atoms with E-state index >= 15 is 0 Å². The van der Waals surface area contributed by atoms with Crippen LogP contribution in [0.1, 0.15) is 12.8 Å². The van der Waals surface area contributed by atoms with Gasteiger partial charge in [0.25, 0.3) is 5.91 Å². The van der Waals surface area contributed by atoms with Gasteiger partial charge in [-0.3, -0.25) is 14.4 Å². The second kappa shape index (κ2) is 6.06. The highest BCUT2D eigenvalue weighted by molar-refractivity contribution is 5.94. The first-order valence-electron chi connectivity index (χ1n) is 8.38. The van der Waals surface area contributed by atoms with E-state index in [1.165, 1.54) is 7.11 Å². The van der Waals surface area contributed by atoms with E-state index in [-0.39, 0.29) is 23.9 Å². The Kier molecular flexibility index (Phi) is 3.86. The van der Waals surface area contributed by atoms with Crippen LogP contribution in [0.3, 0.4) is 0 Å². The van der Waals surface area contributed by atoms with Crippen LogP contribution in [0.2, 0.25) is 0 Å². The molecule has 1 amide bonds. The Morgan fingerprint density at radius 1 is 1.28 bits per heavy atom. The number of fused-ring (bicyclic) bond motifs is 1. The van der Waals surface area contributed by atoms with Crippen LogP contribution in [-0.2, 0) is 23.9 Å². The van der Waals surface area contributed by atoms with Crippen molar-refractivity contribution in [2.45, 2.75) is 18.9 Å². The van der Waals surface area contributed by atoms with Gasteiger partial charge in [-0.05, 0) is 30.9 Å². The maximum Gasteiger partial charge on any atom is 0.310 e. The van der Waals surface area contributed by atoms with E-state index in [1.807, 2.05) is 0 Å². The van der Waals surface area contributed by atoms with Gasteiger partial charge in [0.05, 0.1) is 24.6 Å². The first kappa shape index (κ1) is 15.9. The number of hydrogen-bond acceptors (Lipinski definition) is 6. The Balaban J connectivity index is 1.35. The lowest BCUT2D eigenvalue weighted by Crippen LogP contribution is -2.35. The van der Waals surface area contributed by atoms with Gasteiger partial charge in [0, 0.05) is 5.92 Å². The van der Waals surface area contributed by atoms with Crippen LogP contribution in [-0.4, -0.2) is 37.7 Å². The Bertz CT molecular complexity index is 730. The molecule has 3 aliphatic rings. The number of esters is 2. The molecule has 0 aromatic heterocycles. The summed E-state index contributed by atoms with van der Waals surface area (Å²) in [7, 11) is 1.51. The Morgan fingerprint density at radius 2 is 2.08 bits per heavy atom. The van der Waals surface area contributed by atoms with Crippen LogP contribution < -0.4 is 10.1 Å². The molecule has 5 atom stereocenters. The molecule has 0 radical (unpaired) electrons. The molecule has 2 saturated carbocycles. The van der Waals surface area contributed by atoms with Gasteiger partial charge in [-0.25, -0.2) is 0 Å². The third-order valence-electron chi connectivity index (χ3n) is 5.48. The van der Waals surface area contributed by atoms with E-state index in [9.17, 15) is 14.4 Å². The molecule has 132 valence electrons. The zero-order valence-corrected chi connectivity index (χ0v) is 13.8. The first-order chi connectivity index (χ1) is 12.1. The van der Waals surface area contributed by atoms with Gasteiger partial charge in [0.2, 0.25) is 0 Å². The number of para-hydroxylation sites is 2. The molecule has 2 bridgehead atoms. The molecule has 25 heavy (non-hydrogen) atoms. The van der Waals surface area contributed by atoms with Gasteiger partial charge in [-0.15, -0.1) is 0 Å². The van der Waals surface area contributed by atoms with Gasteiger partial charge in [0.1, 0.15) is 11.9 Å². The minimum absolute atomic E-state index is 0.0274. The number of anilines is 1. The van der Waals surface area contributed by atoms with Gasteiger partial charge in [-0.1, -0.05) is 12.1 Å². The SMILES string of the molecule is COc1ccccc1NC(=O)COC(=O)[C@@H]1[C@@H]2C[C@@H]3[C@H]1C(=O)O[C@@H]3C2. The van der Waals surface area contributed by atoms with Gasteiger partial charge < -0.3 is 19.5 Å². The average Bonchev–Trinajstić information content (AvgIpc) is 3.22. The lowest BCUT2D eigenvalue weighted by Gasteiger charge is -2.22. The molecular formula is C18H19NO6. The quantitative estimate of drug-likeness (QED) is 0.811.